The Morgan fingerprint density at radius 1 is 1.44 bits per heavy atom. The van der Waals surface area contributed by atoms with Gasteiger partial charge in [0, 0.05) is 6.42 Å². The van der Waals surface area contributed by atoms with Gasteiger partial charge in [0.15, 0.2) is 0 Å². The van der Waals surface area contributed by atoms with E-state index in [1.807, 2.05) is 0 Å². The molecular weight excluding hydrogens is 212 g/mol. The molecular formula is C10H15N2O4. The largest absolute Gasteiger partial charge is 0.502 e. The van der Waals surface area contributed by atoms with Gasteiger partial charge < -0.3 is 19.9 Å². The second-order valence-corrected chi connectivity index (χ2v) is 3.14. The minimum Gasteiger partial charge on any atom is -0.502 e. The molecule has 0 saturated carbocycles. The Kier molecular flexibility index (Phi) is 4.94. The van der Waals surface area contributed by atoms with Crippen LogP contribution in [0, 0.1) is 6.92 Å². The number of aromatic amines is 1. The van der Waals surface area contributed by atoms with Gasteiger partial charge in [0.05, 0.1) is 25.5 Å². The molecule has 0 atom stereocenters. The molecule has 0 aliphatic heterocycles. The van der Waals surface area contributed by atoms with E-state index >= 15 is 0 Å². The molecule has 1 radical (unpaired) electrons. The van der Waals surface area contributed by atoms with Crippen molar-refractivity contribution in [2.75, 3.05) is 19.8 Å². The van der Waals surface area contributed by atoms with Crippen LogP contribution >= 0.6 is 0 Å². The number of hydrogen-bond donors (Lipinski definition) is 3. The molecule has 1 aromatic rings. The van der Waals surface area contributed by atoms with Gasteiger partial charge in [-0.15, -0.1) is 0 Å². The highest BCUT2D eigenvalue weighted by molar-refractivity contribution is 5.23. The average molecular weight is 227 g/mol. The normalized spacial score (nSPS) is 10.6. The summed E-state index contributed by atoms with van der Waals surface area (Å²) in [5.74, 6) is 0.0643. The van der Waals surface area contributed by atoms with Gasteiger partial charge in [-0.25, -0.2) is 4.98 Å². The molecule has 0 aromatic carbocycles. The van der Waals surface area contributed by atoms with Crippen LogP contribution in [0.2, 0.25) is 0 Å². The summed E-state index contributed by atoms with van der Waals surface area (Å²) >= 11 is 0. The zero-order chi connectivity index (χ0) is 12.0. The first kappa shape index (κ1) is 12.7. The van der Waals surface area contributed by atoms with E-state index in [-0.39, 0.29) is 31.1 Å². The van der Waals surface area contributed by atoms with Crippen LogP contribution in [0.3, 0.4) is 0 Å². The summed E-state index contributed by atoms with van der Waals surface area (Å²) in [4.78, 5) is 17.7. The van der Waals surface area contributed by atoms with Gasteiger partial charge in [0.2, 0.25) is 5.75 Å². The predicted molar refractivity (Wildman–Crippen MR) is 57.2 cm³/mol. The van der Waals surface area contributed by atoms with Crippen molar-refractivity contribution < 1.29 is 14.9 Å². The summed E-state index contributed by atoms with van der Waals surface area (Å²) in [7, 11) is 0. The van der Waals surface area contributed by atoms with E-state index in [0.29, 0.717) is 18.9 Å². The Labute approximate surface area is 92.9 Å². The number of aromatic nitrogens is 2. The standard InChI is InChI=1S/C10H15N2O4/c1-2-7-9(14)10(15)12-8(11-7)3-5-16-6-4-13/h13-14H,1-6H2,(H,11,12,15). The molecule has 16 heavy (non-hydrogen) atoms. The Balaban J connectivity index is 2.67. The highest BCUT2D eigenvalue weighted by atomic mass is 16.5. The molecule has 0 aliphatic carbocycles. The van der Waals surface area contributed by atoms with Gasteiger partial charge >= 0.3 is 0 Å². The lowest BCUT2D eigenvalue weighted by molar-refractivity contribution is 0.0935. The second-order valence-electron chi connectivity index (χ2n) is 3.14. The summed E-state index contributed by atoms with van der Waals surface area (Å²) in [5, 5.41) is 17.8. The fourth-order valence-corrected chi connectivity index (χ4v) is 1.19. The summed E-state index contributed by atoms with van der Waals surface area (Å²) < 4.78 is 5.04. The van der Waals surface area contributed by atoms with Gasteiger partial charge in [-0.3, -0.25) is 4.79 Å². The fourth-order valence-electron chi connectivity index (χ4n) is 1.19. The van der Waals surface area contributed by atoms with E-state index in [1.54, 1.807) is 0 Å². The maximum atomic E-state index is 11.3. The molecule has 0 aliphatic rings. The molecule has 1 heterocycles. The molecule has 6 nitrogen and oxygen atoms in total. The van der Waals surface area contributed by atoms with Gasteiger partial charge in [-0.05, 0) is 13.3 Å². The number of aliphatic hydroxyl groups excluding tert-OH is 1. The molecule has 89 valence electrons. The van der Waals surface area contributed by atoms with E-state index in [4.69, 9.17) is 9.84 Å². The molecule has 0 spiro atoms. The number of nitrogens with zero attached hydrogens (tertiary/aromatic N) is 1. The van der Waals surface area contributed by atoms with E-state index in [9.17, 15) is 9.90 Å². The van der Waals surface area contributed by atoms with Crippen LogP contribution in [0.25, 0.3) is 0 Å². The third kappa shape index (κ3) is 3.32. The highest BCUT2D eigenvalue weighted by Crippen LogP contribution is 2.07. The SMILES string of the molecule is [CH2]Cc1nc(CCOCCO)[nH]c(=O)c1O. The number of ether oxygens (including phenoxy) is 1. The summed E-state index contributed by atoms with van der Waals surface area (Å²) in [6.07, 6.45) is 0.669. The number of hydrogen-bond acceptors (Lipinski definition) is 5. The van der Waals surface area contributed by atoms with Crippen LogP contribution < -0.4 is 5.56 Å². The van der Waals surface area contributed by atoms with Crippen LogP contribution in [0.4, 0.5) is 0 Å². The summed E-state index contributed by atoms with van der Waals surface area (Å²) in [6, 6.07) is 0. The van der Waals surface area contributed by atoms with Crippen LogP contribution in [-0.4, -0.2) is 40.0 Å². The minimum atomic E-state index is -0.564. The molecule has 0 fully saturated rings. The van der Waals surface area contributed by atoms with Crippen molar-refractivity contribution in [1.82, 2.24) is 9.97 Å². The van der Waals surface area contributed by atoms with Gasteiger partial charge in [-0.1, -0.05) is 0 Å². The topological polar surface area (TPSA) is 95.4 Å². The van der Waals surface area contributed by atoms with Crippen molar-refractivity contribution in [3.63, 3.8) is 0 Å². The van der Waals surface area contributed by atoms with Crippen LogP contribution in [0.1, 0.15) is 11.5 Å². The minimum absolute atomic E-state index is 0.0380. The smallest absolute Gasteiger partial charge is 0.293 e. The zero-order valence-electron chi connectivity index (χ0n) is 8.90. The lowest BCUT2D eigenvalue weighted by Gasteiger charge is -2.05. The quantitative estimate of drug-likeness (QED) is 0.564. The van der Waals surface area contributed by atoms with Crippen molar-refractivity contribution in [3.05, 3.63) is 28.8 Å². The van der Waals surface area contributed by atoms with Crippen molar-refractivity contribution >= 4 is 0 Å². The molecule has 1 rings (SSSR count). The molecule has 0 bridgehead atoms. The monoisotopic (exact) mass is 227 g/mol. The zero-order valence-corrected chi connectivity index (χ0v) is 8.90. The first-order valence-electron chi connectivity index (χ1n) is 4.98. The maximum absolute atomic E-state index is 11.3. The lowest BCUT2D eigenvalue weighted by atomic mass is 10.3. The predicted octanol–water partition coefficient (Wildman–Crippen LogP) is -0.597. The third-order valence-electron chi connectivity index (χ3n) is 1.97. The van der Waals surface area contributed by atoms with Crippen molar-refractivity contribution in [3.8, 4) is 5.75 Å². The summed E-state index contributed by atoms with van der Waals surface area (Å²) in [6.45, 7) is 4.14. The molecule has 0 amide bonds. The third-order valence-corrected chi connectivity index (χ3v) is 1.97. The number of nitrogens with one attached hydrogen (secondary N) is 1. The Hall–Kier alpha value is -1.40. The van der Waals surface area contributed by atoms with E-state index in [1.165, 1.54) is 0 Å². The molecule has 0 saturated heterocycles. The second kappa shape index (κ2) is 6.24. The first-order valence-corrected chi connectivity index (χ1v) is 4.98. The van der Waals surface area contributed by atoms with E-state index in [0.717, 1.165) is 0 Å². The maximum Gasteiger partial charge on any atom is 0.293 e. The van der Waals surface area contributed by atoms with Gasteiger partial charge in [-0.2, -0.15) is 0 Å². The van der Waals surface area contributed by atoms with Crippen molar-refractivity contribution in [2.45, 2.75) is 12.8 Å². The lowest BCUT2D eigenvalue weighted by Crippen LogP contribution is -2.15. The van der Waals surface area contributed by atoms with Gasteiger partial charge in [0.1, 0.15) is 5.82 Å². The van der Waals surface area contributed by atoms with Crippen molar-refractivity contribution in [1.29, 1.82) is 0 Å². The molecule has 6 heteroatoms. The molecule has 1 aromatic heterocycles. The van der Waals surface area contributed by atoms with Gasteiger partial charge in [0.25, 0.3) is 5.56 Å². The number of aliphatic hydroxyl groups is 1. The van der Waals surface area contributed by atoms with Crippen LogP contribution in [0.5, 0.6) is 5.75 Å². The Morgan fingerprint density at radius 2 is 2.19 bits per heavy atom. The first-order chi connectivity index (χ1) is 7.69. The molecule has 3 N–H and O–H groups in total. The van der Waals surface area contributed by atoms with E-state index < -0.39 is 5.56 Å². The fraction of sp³-hybridized carbons (Fsp3) is 0.500. The Morgan fingerprint density at radius 3 is 2.81 bits per heavy atom. The van der Waals surface area contributed by atoms with E-state index in [2.05, 4.69) is 16.9 Å². The van der Waals surface area contributed by atoms with Crippen molar-refractivity contribution in [2.24, 2.45) is 0 Å². The highest BCUT2D eigenvalue weighted by Gasteiger charge is 2.08. The number of aromatic hydroxyl groups is 1. The average Bonchev–Trinajstić information content (AvgIpc) is 2.29. The van der Waals surface area contributed by atoms with Crippen LogP contribution in [-0.2, 0) is 17.6 Å². The summed E-state index contributed by atoms with van der Waals surface area (Å²) in [5.41, 5.74) is -0.285. The Bertz CT molecular complexity index is 389. The van der Waals surface area contributed by atoms with Crippen LogP contribution in [0.15, 0.2) is 4.79 Å². The number of rotatable bonds is 6. The molecule has 0 unspecified atom stereocenters. The number of H-pyrrole nitrogens is 1.